The number of hydrogen-bond acceptors (Lipinski definition) is 4. The first-order chi connectivity index (χ1) is 11.4. The van der Waals surface area contributed by atoms with Crippen molar-refractivity contribution in [3.05, 3.63) is 65.2 Å². The molecule has 1 N–H and O–H groups in total. The number of benzene rings is 2. The molecule has 0 aliphatic rings. The normalized spacial score (nSPS) is 11.2. The van der Waals surface area contributed by atoms with Gasteiger partial charge in [0.1, 0.15) is 0 Å². The summed E-state index contributed by atoms with van der Waals surface area (Å²) in [5.74, 6) is 1.18. The van der Waals surface area contributed by atoms with Crippen molar-refractivity contribution in [1.29, 1.82) is 0 Å². The first-order valence-electron chi connectivity index (χ1n) is 7.54. The molecule has 0 radical (unpaired) electrons. The van der Waals surface area contributed by atoms with Crippen LogP contribution in [0.1, 0.15) is 16.7 Å². The summed E-state index contributed by atoms with van der Waals surface area (Å²) in [6.45, 7) is 2.46. The fraction of sp³-hybridized carbons (Fsp3) is 0.278. The Bertz CT molecular complexity index is 799. The molecule has 0 spiro atoms. The third-order valence-corrected chi connectivity index (χ3v) is 5.70. The summed E-state index contributed by atoms with van der Waals surface area (Å²) < 4.78 is 22.8. The summed E-state index contributed by atoms with van der Waals surface area (Å²) in [5, 5.41) is 2.85. The second-order valence-electron chi connectivity index (χ2n) is 5.61. The number of thioether (sulfide) groups is 1. The van der Waals surface area contributed by atoms with E-state index >= 15 is 0 Å². The summed E-state index contributed by atoms with van der Waals surface area (Å²) in [6.07, 6.45) is 1.18. The molecular weight excluding hydrogens is 342 g/mol. The van der Waals surface area contributed by atoms with Gasteiger partial charge in [-0.2, -0.15) is 0 Å². The van der Waals surface area contributed by atoms with E-state index in [9.17, 15) is 13.2 Å². The Labute approximate surface area is 147 Å². The first kappa shape index (κ1) is 18.5. The smallest absolute Gasteiger partial charge is 0.230 e. The van der Waals surface area contributed by atoms with Crippen LogP contribution in [0, 0.1) is 6.92 Å². The maximum absolute atomic E-state index is 11.9. The first-order valence-corrected chi connectivity index (χ1v) is 10.6. The average Bonchev–Trinajstić information content (AvgIpc) is 2.54. The van der Waals surface area contributed by atoms with Gasteiger partial charge in [0.15, 0.2) is 9.84 Å². The van der Waals surface area contributed by atoms with Crippen LogP contribution in [0.5, 0.6) is 0 Å². The minimum Gasteiger partial charge on any atom is -0.351 e. The molecule has 0 unspecified atom stereocenters. The maximum atomic E-state index is 11.9. The summed E-state index contributed by atoms with van der Waals surface area (Å²) in [5.41, 5.74) is 3.35. The van der Waals surface area contributed by atoms with Gasteiger partial charge in [0, 0.05) is 18.6 Å². The molecule has 2 aromatic carbocycles. The minimum atomic E-state index is -3.18. The molecule has 0 heterocycles. The summed E-state index contributed by atoms with van der Waals surface area (Å²) >= 11 is 1.58. The number of amides is 1. The van der Waals surface area contributed by atoms with E-state index in [1.54, 1.807) is 36.0 Å². The van der Waals surface area contributed by atoms with Gasteiger partial charge in [0.2, 0.25) is 5.91 Å². The highest BCUT2D eigenvalue weighted by atomic mass is 32.2. The molecule has 0 atom stereocenters. The molecule has 128 valence electrons. The largest absolute Gasteiger partial charge is 0.351 e. The van der Waals surface area contributed by atoms with Crippen LogP contribution in [0.4, 0.5) is 0 Å². The number of carbonyl (C=O) groups is 1. The Hall–Kier alpha value is -1.79. The van der Waals surface area contributed by atoms with Gasteiger partial charge in [0.25, 0.3) is 0 Å². The van der Waals surface area contributed by atoms with Crippen molar-refractivity contribution in [2.75, 3.05) is 12.0 Å². The Morgan fingerprint density at radius 3 is 2.38 bits per heavy atom. The lowest BCUT2D eigenvalue weighted by Gasteiger charge is -2.07. The molecule has 0 aromatic heterocycles. The molecule has 0 saturated carbocycles. The third-order valence-electron chi connectivity index (χ3n) is 3.59. The van der Waals surface area contributed by atoms with Crippen LogP contribution in [0.2, 0.25) is 0 Å². The average molecular weight is 364 g/mol. The van der Waals surface area contributed by atoms with Gasteiger partial charge in [-0.25, -0.2) is 8.42 Å². The molecule has 0 saturated heterocycles. The molecule has 1 amide bonds. The minimum absolute atomic E-state index is 0.0271. The summed E-state index contributed by atoms with van der Waals surface area (Å²) in [7, 11) is -3.18. The summed E-state index contributed by atoms with van der Waals surface area (Å²) in [4.78, 5) is 12.2. The zero-order valence-corrected chi connectivity index (χ0v) is 15.4. The maximum Gasteiger partial charge on any atom is 0.230 e. The van der Waals surface area contributed by atoms with Crippen LogP contribution < -0.4 is 5.32 Å². The molecular formula is C18H21NO3S2. The lowest BCUT2D eigenvalue weighted by molar-refractivity contribution is -0.118. The molecule has 0 fully saturated rings. The number of nitrogens with one attached hydrogen (secondary N) is 1. The molecule has 0 aliphatic carbocycles. The zero-order valence-electron chi connectivity index (χ0n) is 13.8. The number of carbonyl (C=O) groups excluding carboxylic acids is 1. The summed E-state index contributed by atoms with van der Waals surface area (Å²) in [6, 6.07) is 14.7. The molecule has 24 heavy (non-hydrogen) atoms. The second-order valence-corrected chi connectivity index (χ2v) is 8.61. The van der Waals surface area contributed by atoms with Crippen LogP contribution in [-0.2, 0) is 26.9 Å². The van der Waals surface area contributed by atoms with Gasteiger partial charge < -0.3 is 5.32 Å². The fourth-order valence-corrected chi connectivity index (χ4v) is 3.70. The van der Waals surface area contributed by atoms with Crippen LogP contribution >= 0.6 is 11.8 Å². The molecule has 4 nitrogen and oxygen atoms in total. The van der Waals surface area contributed by atoms with Crippen LogP contribution in [-0.4, -0.2) is 26.3 Å². The van der Waals surface area contributed by atoms with E-state index in [1.165, 1.54) is 17.4 Å². The van der Waals surface area contributed by atoms with Crippen molar-refractivity contribution in [1.82, 2.24) is 5.32 Å². The highest BCUT2D eigenvalue weighted by Gasteiger charge is 2.07. The van der Waals surface area contributed by atoms with E-state index in [1.807, 2.05) is 12.1 Å². The second kappa shape index (κ2) is 8.35. The number of rotatable bonds is 7. The van der Waals surface area contributed by atoms with Crippen LogP contribution in [0.15, 0.2) is 53.4 Å². The molecule has 6 heteroatoms. The van der Waals surface area contributed by atoms with Gasteiger partial charge >= 0.3 is 0 Å². The standard InChI is InChI=1S/C18H21NO3S2/c1-14-5-3-4-6-16(14)12-23-13-18(20)19-11-15-7-9-17(10-8-15)24(2,21)22/h3-10H,11-13H2,1-2H3,(H,19,20). The Morgan fingerprint density at radius 1 is 1.08 bits per heavy atom. The van der Waals surface area contributed by atoms with E-state index in [2.05, 4.69) is 24.4 Å². The van der Waals surface area contributed by atoms with Crippen LogP contribution in [0.3, 0.4) is 0 Å². The highest BCUT2D eigenvalue weighted by molar-refractivity contribution is 7.99. The highest BCUT2D eigenvalue weighted by Crippen LogP contribution is 2.15. The van der Waals surface area contributed by atoms with Crippen LogP contribution in [0.25, 0.3) is 0 Å². The van der Waals surface area contributed by atoms with Crippen molar-refractivity contribution in [3.8, 4) is 0 Å². The van der Waals surface area contributed by atoms with E-state index < -0.39 is 9.84 Å². The molecule has 2 aromatic rings. The van der Waals surface area contributed by atoms with Crippen molar-refractivity contribution in [2.45, 2.75) is 24.1 Å². The SMILES string of the molecule is Cc1ccccc1CSCC(=O)NCc1ccc(S(C)(=O)=O)cc1. The van der Waals surface area contributed by atoms with Gasteiger partial charge in [-0.05, 0) is 35.7 Å². The number of aryl methyl sites for hydroxylation is 1. The Morgan fingerprint density at radius 2 is 1.75 bits per heavy atom. The topological polar surface area (TPSA) is 63.2 Å². The lowest BCUT2D eigenvalue weighted by atomic mass is 10.1. The number of sulfone groups is 1. The van der Waals surface area contributed by atoms with Crippen molar-refractivity contribution in [2.24, 2.45) is 0 Å². The van der Waals surface area contributed by atoms with E-state index in [0.29, 0.717) is 12.3 Å². The Balaban J connectivity index is 1.76. The quantitative estimate of drug-likeness (QED) is 0.821. The number of hydrogen-bond donors (Lipinski definition) is 1. The predicted octanol–water partition coefficient (Wildman–Crippen LogP) is 2.95. The van der Waals surface area contributed by atoms with E-state index in [4.69, 9.17) is 0 Å². The fourth-order valence-electron chi connectivity index (χ4n) is 2.13. The molecule has 2 rings (SSSR count). The van der Waals surface area contributed by atoms with E-state index in [0.717, 1.165) is 11.3 Å². The van der Waals surface area contributed by atoms with Crippen molar-refractivity contribution in [3.63, 3.8) is 0 Å². The third kappa shape index (κ3) is 5.69. The van der Waals surface area contributed by atoms with E-state index in [-0.39, 0.29) is 10.8 Å². The lowest BCUT2D eigenvalue weighted by Crippen LogP contribution is -2.24. The van der Waals surface area contributed by atoms with Gasteiger partial charge in [-0.15, -0.1) is 11.8 Å². The van der Waals surface area contributed by atoms with Gasteiger partial charge in [-0.1, -0.05) is 36.4 Å². The van der Waals surface area contributed by atoms with Crippen molar-refractivity contribution < 1.29 is 13.2 Å². The van der Waals surface area contributed by atoms with Crippen molar-refractivity contribution >= 4 is 27.5 Å². The molecule has 0 bridgehead atoms. The zero-order chi connectivity index (χ0) is 17.6. The van der Waals surface area contributed by atoms with Gasteiger partial charge in [-0.3, -0.25) is 4.79 Å². The van der Waals surface area contributed by atoms with Gasteiger partial charge in [0.05, 0.1) is 10.6 Å². The predicted molar refractivity (Wildman–Crippen MR) is 98.7 cm³/mol. The molecule has 0 aliphatic heterocycles. The Kier molecular flexibility index (Phi) is 6.45. The monoisotopic (exact) mass is 363 g/mol.